The highest BCUT2D eigenvalue weighted by Crippen LogP contribution is 2.35. The number of benzene rings is 1. The molecule has 2 heteroatoms. The van der Waals surface area contributed by atoms with Crippen molar-refractivity contribution in [2.45, 2.75) is 38.1 Å². The third kappa shape index (κ3) is 2.24. The summed E-state index contributed by atoms with van der Waals surface area (Å²) in [6.07, 6.45) is 2.06. The Balaban J connectivity index is 1.98. The van der Waals surface area contributed by atoms with E-state index in [-0.39, 0.29) is 12.1 Å². The van der Waals surface area contributed by atoms with Gasteiger partial charge in [0.15, 0.2) is 0 Å². The van der Waals surface area contributed by atoms with Crippen LogP contribution in [0.4, 0.5) is 0 Å². The van der Waals surface area contributed by atoms with Crippen molar-refractivity contribution < 1.29 is 5.11 Å². The average Bonchev–Trinajstić information content (AvgIpc) is 2.35. The van der Waals surface area contributed by atoms with Crippen LogP contribution in [0.2, 0.25) is 0 Å². The fourth-order valence-corrected chi connectivity index (χ4v) is 2.82. The molecule has 0 bridgehead atoms. The van der Waals surface area contributed by atoms with Gasteiger partial charge in [-0.3, -0.25) is 4.90 Å². The lowest BCUT2D eigenvalue weighted by atomic mass is 9.82. The molecule has 0 amide bonds. The van der Waals surface area contributed by atoms with Crippen LogP contribution in [0.15, 0.2) is 30.3 Å². The summed E-state index contributed by atoms with van der Waals surface area (Å²) >= 11 is 0. The Morgan fingerprint density at radius 2 is 1.76 bits per heavy atom. The van der Waals surface area contributed by atoms with Crippen LogP contribution < -0.4 is 0 Å². The molecule has 94 valence electrons. The fourth-order valence-electron chi connectivity index (χ4n) is 2.82. The van der Waals surface area contributed by atoms with E-state index < -0.39 is 0 Å². The van der Waals surface area contributed by atoms with Gasteiger partial charge in [0.25, 0.3) is 0 Å². The predicted molar refractivity (Wildman–Crippen MR) is 71.2 cm³/mol. The normalized spacial score (nSPS) is 18.1. The van der Waals surface area contributed by atoms with Gasteiger partial charge in [0.05, 0.1) is 6.61 Å². The molecule has 2 rings (SSSR count). The molecule has 0 aliphatic carbocycles. The standard InChI is InChI=1S/C15H23NO/c1-3-15(4-2,12-17)16-10-14(11-16)13-8-6-5-7-9-13/h5-9,14,17H,3-4,10-12H2,1-2H3. The monoisotopic (exact) mass is 233 g/mol. The van der Waals surface area contributed by atoms with E-state index >= 15 is 0 Å². The lowest BCUT2D eigenvalue weighted by molar-refractivity contribution is -0.0310. The number of hydrogen-bond acceptors (Lipinski definition) is 2. The molecular formula is C15H23NO. The van der Waals surface area contributed by atoms with E-state index in [9.17, 15) is 5.11 Å². The molecule has 1 heterocycles. The van der Waals surface area contributed by atoms with E-state index in [1.165, 1.54) is 5.56 Å². The minimum Gasteiger partial charge on any atom is -0.394 e. The summed E-state index contributed by atoms with van der Waals surface area (Å²) < 4.78 is 0. The highest BCUT2D eigenvalue weighted by molar-refractivity contribution is 5.23. The second-order valence-corrected chi connectivity index (χ2v) is 5.10. The van der Waals surface area contributed by atoms with Crippen LogP contribution in [-0.2, 0) is 0 Å². The highest BCUT2D eigenvalue weighted by atomic mass is 16.3. The first kappa shape index (κ1) is 12.6. The topological polar surface area (TPSA) is 23.5 Å². The fraction of sp³-hybridized carbons (Fsp3) is 0.600. The summed E-state index contributed by atoms with van der Waals surface area (Å²) in [5, 5.41) is 9.63. The molecule has 0 saturated carbocycles. The Kier molecular flexibility index (Phi) is 3.85. The van der Waals surface area contributed by atoms with Crippen LogP contribution in [0.3, 0.4) is 0 Å². The van der Waals surface area contributed by atoms with Gasteiger partial charge in [0, 0.05) is 24.5 Å². The summed E-state index contributed by atoms with van der Waals surface area (Å²) in [4.78, 5) is 2.45. The number of aliphatic hydroxyl groups excluding tert-OH is 1. The van der Waals surface area contributed by atoms with Gasteiger partial charge in [-0.1, -0.05) is 44.2 Å². The zero-order chi connectivity index (χ0) is 12.3. The molecule has 1 saturated heterocycles. The summed E-state index contributed by atoms with van der Waals surface area (Å²) in [6, 6.07) is 10.7. The van der Waals surface area contributed by atoms with Crippen LogP contribution in [0, 0.1) is 0 Å². The van der Waals surface area contributed by atoms with Crippen LogP contribution in [0.25, 0.3) is 0 Å². The molecule has 1 aromatic carbocycles. The molecule has 0 aromatic heterocycles. The Labute approximate surface area is 104 Å². The van der Waals surface area contributed by atoms with E-state index in [1.54, 1.807) is 0 Å². The van der Waals surface area contributed by atoms with E-state index in [1.807, 2.05) is 0 Å². The molecule has 0 radical (unpaired) electrons. The first-order chi connectivity index (χ1) is 8.25. The summed E-state index contributed by atoms with van der Waals surface area (Å²) in [5.74, 6) is 0.653. The van der Waals surface area contributed by atoms with Gasteiger partial charge < -0.3 is 5.11 Å². The Hall–Kier alpha value is -0.860. The van der Waals surface area contributed by atoms with Crippen LogP contribution >= 0.6 is 0 Å². The van der Waals surface area contributed by atoms with E-state index in [2.05, 4.69) is 49.1 Å². The van der Waals surface area contributed by atoms with Crippen molar-refractivity contribution in [2.24, 2.45) is 0 Å². The van der Waals surface area contributed by atoms with Gasteiger partial charge in [-0.25, -0.2) is 0 Å². The minimum atomic E-state index is 0.0191. The van der Waals surface area contributed by atoms with Crippen molar-refractivity contribution in [3.8, 4) is 0 Å². The first-order valence-corrected chi connectivity index (χ1v) is 6.66. The van der Waals surface area contributed by atoms with E-state index in [0.717, 1.165) is 25.9 Å². The van der Waals surface area contributed by atoms with Crippen molar-refractivity contribution in [1.29, 1.82) is 0 Å². The van der Waals surface area contributed by atoms with E-state index in [0.29, 0.717) is 5.92 Å². The maximum atomic E-state index is 9.63. The average molecular weight is 233 g/mol. The molecule has 0 unspecified atom stereocenters. The molecule has 1 aliphatic heterocycles. The lowest BCUT2D eigenvalue weighted by Gasteiger charge is -2.51. The van der Waals surface area contributed by atoms with Gasteiger partial charge in [-0.05, 0) is 18.4 Å². The lowest BCUT2D eigenvalue weighted by Crippen LogP contribution is -2.60. The van der Waals surface area contributed by atoms with Gasteiger partial charge in [0.2, 0.25) is 0 Å². The SMILES string of the molecule is CCC(CC)(CO)N1CC(c2ccccc2)C1. The molecule has 17 heavy (non-hydrogen) atoms. The number of aliphatic hydroxyl groups is 1. The molecule has 2 nitrogen and oxygen atoms in total. The highest BCUT2D eigenvalue weighted by Gasteiger charge is 2.41. The van der Waals surface area contributed by atoms with Crippen LogP contribution in [0.1, 0.15) is 38.2 Å². The molecule has 1 fully saturated rings. The number of nitrogens with zero attached hydrogens (tertiary/aromatic N) is 1. The van der Waals surface area contributed by atoms with Crippen molar-refractivity contribution in [3.63, 3.8) is 0 Å². The van der Waals surface area contributed by atoms with Gasteiger partial charge in [-0.15, -0.1) is 0 Å². The molecule has 1 aromatic rings. The third-order valence-corrected chi connectivity index (χ3v) is 4.43. The van der Waals surface area contributed by atoms with E-state index in [4.69, 9.17) is 0 Å². The third-order valence-electron chi connectivity index (χ3n) is 4.43. The van der Waals surface area contributed by atoms with Crippen LogP contribution in [0.5, 0.6) is 0 Å². The molecule has 1 aliphatic rings. The van der Waals surface area contributed by atoms with Gasteiger partial charge >= 0.3 is 0 Å². The predicted octanol–water partition coefficient (Wildman–Crippen LogP) is 2.64. The van der Waals surface area contributed by atoms with Crippen molar-refractivity contribution in [3.05, 3.63) is 35.9 Å². The van der Waals surface area contributed by atoms with Crippen molar-refractivity contribution in [2.75, 3.05) is 19.7 Å². The number of likely N-dealkylation sites (tertiary alicyclic amines) is 1. The molecule has 0 spiro atoms. The Bertz CT molecular complexity index is 331. The zero-order valence-electron chi connectivity index (χ0n) is 10.9. The van der Waals surface area contributed by atoms with Gasteiger partial charge in [-0.2, -0.15) is 0 Å². The molecule has 1 N–H and O–H groups in total. The second-order valence-electron chi connectivity index (χ2n) is 5.10. The quantitative estimate of drug-likeness (QED) is 0.845. The summed E-state index contributed by atoms with van der Waals surface area (Å²) in [6.45, 7) is 6.81. The first-order valence-electron chi connectivity index (χ1n) is 6.66. The van der Waals surface area contributed by atoms with Crippen molar-refractivity contribution >= 4 is 0 Å². The Morgan fingerprint density at radius 3 is 2.24 bits per heavy atom. The number of hydrogen-bond donors (Lipinski definition) is 1. The Morgan fingerprint density at radius 1 is 1.18 bits per heavy atom. The van der Waals surface area contributed by atoms with Gasteiger partial charge in [0.1, 0.15) is 0 Å². The maximum absolute atomic E-state index is 9.63. The largest absolute Gasteiger partial charge is 0.394 e. The second kappa shape index (κ2) is 5.19. The molecular weight excluding hydrogens is 210 g/mol. The minimum absolute atomic E-state index is 0.0191. The van der Waals surface area contributed by atoms with Crippen LogP contribution in [-0.4, -0.2) is 35.2 Å². The number of rotatable bonds is 5. The van der Waals surface area contributed by atoms with Crippen molar-refractivity contribution in [1.82, 2.24) is 4.90 Å². The summed E-state index contributed by atoms with van der Waals surface area (Å²) in [5.41, 5.74) is 1.45. The zero-order valence-corrected chi connectivity index (χ0v) is 10.9. The maximum Gasteiger partial charge on any atom is 0.0615 e. The summed E-state index contributed by atoms with van der Waals surface area (Å²) in [7, 11) is 0. The molecule has 0 atom stereocenters. The smallest absolute Gasteiger partial charge is 0.0615 e.